The number of aliphatic hydroxyl groups is 3. The van der Waals surface area contributed by atoms with Crippen molar-refractivity contribution < 1.29 is 62.9 Å². The molecule has 480 valence electrons. The van der Waals surface area contributed by atoms with Gasteiger partial charge in [-0.25, -0.2) is 9.59 Å². The van der Waals surface area contributed by atoms with Gasteiger partial charge in [-0.15, -0.1) is 0 Å². The number of carbonyl (C=O) groups is 4. The van der Waals surface area contributed by atoms with E-state index in [9.17, 15) is 34.5 Å². The van der Waals surface area contributed by atoms with Crippen LogP contribution >= 0.6 is 0 Å². The van der Waals surface area contributed by atoms with Crippen LogP contribution in [0.5, 0.6) is 0 Å². The van der Waals surface area contributed by atoms with Crippen molar-refractivity contribution in [1.82, 2.24) is 0 Å². The van der Waals surface area contributed by atoms with Crippen molar-refractivity contribution in [2.45, 2.75) is 305 Å². The van der Waals surface area contributed by atoms with Crippen LogP contribution in [0, 0.1) is 105 Å². The highest BCUT2D eigenvalue weighted by Gasteiger charge is 2.63. The summed E-state index contributed by atoms with van der Waals surface area (Å²) in [6.45, 7) is 27.3. The third-order valence-corrected chi connectivity index (χ3v) is 26.2. The van der Waals surface area contributed by atoms with Crippen LogP contribution in [0.25, 0.3) is 0 Å². The van der Waals surface area contributed by atoms with E-state index in [1.165, 1.54) is 103 Å². The van der Waals surface area contributed by atoms with Gasteiger partial charge >= 0.3 is 23.9 Å². The van der Waals surface area contributed by atoms with Crippen LogP contribution in [0.1, 0.15) is 250 Å². The van der Waals surface area contributed by atoms with Crippen LogP contribution in [0.4, 0.5) is 0 Å². The van der Waals surface area contributed by atoms with Gasteiger partial charge in [0, 0.05) is 0 Å². The molecule has 9 aliphatic rings. The minimum absolute atomic E-state index is 0.168. The van der Waals surface area contributed by atoms with Crippen LogP contribution in [-0.4, -0.2) is 107 Å². The summed E-state index contributed by atoms with van der Waals surface area (Å²) < 4.78 is 35.5. The fourth-order valence-electron chi connectivity index (χ4n) is 21.8. The molecule has 24 atom stereocenters. The molecule has 13 heteroatoms. The lowest BCUT2D eigenvalue weighted by molar-refractivity contribution is -0.250. The number of fused-ring (bicyclic) bond motifs is 10. The zero-order valence-electron chi connectivity index (χ0n) is 54.5. The van der Waals surface area contributed by atoms with E-state index in [2.05, 4.69) is 69.2 Å². The van der Waals surface area contributed by atoms with E-state index in [1.807, 2.05) is 0 Å². The Balaban J connectivity index is 0.800. The quantitative estimate of drug-likeness (QED) is 0.0649. The topological polar surface area (TPSA) is 184 Å². The van der Waals surface area contributed by atoms with Gasteiger partial charge in [0.25, 0.3) is 0 Å². The van der Waals surface area contributed by atoms with Gasteiger partial charge < -0.3 is 43.7 Å². The Labute approximate surface area is 507 Å². The van der Waals surface area contributed by atoms with Gasteiger partial charge in [0.15, 0.2) is 18.3 Å². The maximum atomic E-state index is 14.0. The van der Waals surface area contributed by atoms with Gasteiger partial charge in [-0.1, -0.05) is 108 Å². The Morgan fingerprint density at radius 2 is 0.821 bits per heavy atom. The van der Waals surface area contributed by atoms with E-state index < -0.39 is 86.2 Å². The van der Waals surface area contributed by atoms with Crippen molar-refractivity contribution in [3.05, 3.63) is 0 Å². The summed E-state index contributed by atoms with van der Waals surface area (Å²) in [5.41, 5.74) is 1.29. The normalized spacial score (nSPS) is 43.3. The molecule has 9 aliphatic carbocycles. The SMILES string of the molecule is CC(C)CCCC(C)[C@H]1CCC2C3CCC4C[C@@H](OCC(=O)OC5C(O)C(O)C(O)C(OC(=O)CCC(=O)OC(C)C)C5OC(=O)CO[C@H]5CCC6(C)C(CCC7C6CC[C@@]6(C)C7CC[C@@H]6C(C)CCCC(C)C)C5)CC[C@]4(C)C3CCC21C. The summed E-state index contributed by atoms with van der Waals surface area (Å²) in [4.78, 5) is 53.8. The standard InChI is InChI=1S/C71H118O13/c1-41(2)15-13-17-44(7)52-23-25-54-50-21-19-46-37-48(29-33-68(46,9)56(50)31-35-70(52,54)11)79-39-60(74)83-66-64(78)62(76)63(77)65(82-59(73)28-27-58(72)81-43(5)6)67(66)84-61(75)40-80-49-30-34-69(10)47(38-49)20-22-51-55-26-24-53(45(8)18-14-16-42(3)4)71(55,12)36-32-57(51)69/h41-57,62-67,76-78H,13-40H2,1-12H3/t44?,45?,46?,47?,48-,49-,50?,51?,52+,53+,54?,55?,56?,57?,62?,63?,64?,65?,66?,67?,68-,69?,70?,71+/m0/s1. The van der Waals surface area contributed by atoms with Crippen LogP contribution in [0.3, 0.4) is 0 Å². The molecule has 0 amide bonds. The van der Waals surface area contributed by atoms with Crippen molar-refractivity contribution in [2.75, 3.05) is 13.2 Å². The summed E-state index contributed by atoms with van der Waals surface area (Å²) in [5, 5.41) is 34.2. The van der Waals surface area contributed by atoms with Crippen LogP contribution < -0.4 is 0 Å². The zero-order valence-corrected chi connectivity index (χ0v) is 54.5. The average Bonchev–Trinajstić information content (AvgIpc) is 1.46. The van der Waals surface area contributed by atoms with Crippen LogP contribution in [0.15, 0.2) is 0 Å². The molecule has 0 heterocycles. The Bertz CT molecular complexity index is 2220. The number of hydrogen-bond donors (Lipinski definition) is 3. The summed E-state index contributed by atoms with van der Waals surface area (Å²) in [7, 11) is 0. The third kappa shape index (κ3) is 13.9. The first-order valence-electron chi connectivity index (χ1n) is 34.8. The lowest BCUT2D eigenvalue weighted by Crippen LogP contribution is -2.66. The second kappa shape index (κ2) is 27.4. The molecule has 0 spiro atoms. The van der Waals surface area contributed by atoms with Crippen molar-refractivity contribution in [2.24, 2.45) is 105 Å². The second-order valence-corrected chi connectivity index (χ2v) is 32.2. The molecular weight excluding hydrogens is 1060 g/mol. The predicted octanol–water partition coefficient (Wildman–Crippen LogP) is 13.6. The lowest BCUT2D eigenvalue weighted by atomic mass is 9.44. The Kier molecular flexibility index (Phi) is 21.6. The maximum absolute atomic E-state index is 14.0. The van der Waals surface area contributed by atoms with E-state index in [0.717, 1.165) is 111 Å². The number of rotatable bonds is 23. The number of aliphatic hydroxyl groups excluding tert-OH is 3. The summed E-state index contributed by atoms with van der Waals surface area (Å²) >= 11 is 0. The molecule has 0 aromatic rings. The van der Waals surface area contributed by atoms with E-state index in [-0.39, 0.29) is 29.5 Å². The molecule has 0 bridgehead atoms. The first-order chi connectivity index (χ1) is 39.8. The fourth-order valence-corrected chi connectivity index (χ4v) is 21.8. The highest BCUT2D eigenvalue weighted by Crippen LogP contribution is 2.70. The zero-order chi connectivity index (χ0) is 60.6. The van der Waals surface area contributed by atoms with Crippen molar-refractivity contribution >= 4 is 23.9 Å². The monoisotopic (exact) mass is 1180 g/mol. The number of ether oxygens (including phenoxy) is 6. The Hall–Kier alpha value is -2.32. The molecule has 9 fully saturated rings. The molecule has 3 N–H and O–H groups in total. The van der Waals surface area contributed by atoms with Gasteiger partial charge in [-0.2, -0.15) is 0 Å². The number of hydrogen-bond acceptors (Lipinski definition) is 13. The van der Waals surface area contributed by atoms with Gasteiger partial charge in [0.2, 0.25) is 0 Å². The largest absolute Gasteiger partial charge is 0.463 e. The van der Waals surface area contributed by atoms with E-state index in [0.29, 0.717) is 34.5 Å². The van der Waals surface area contributed by atoms with Crippen LogP contribution in [0.2, 0.25) is 0 Å². The molecule has 0 aromatic heterocycles. The Morgan fingerprint density at radius 1 is 0.429 bits per heavy atom. The highest BCUT2D eigenvalue weighted by atomic mass is 16.6. The summed E-state index contributed by atoms with van der Waals surface area (Å²) in [5.74, 6) is 6.89. The molecule has 0 radical (unpaired) electrons. The predicted molar refractivity (Wildman–Crippen MR) is 324 cm³/mol. The fraction of sp³-hybridized carbons (Fsp3) is 0.944. The lowest BCUT2D eigenvalue weighted by Gasteiger charge is -2.61. The van der Waals surface area contributed by atoms with Crippen molar-refractivity contribution in [3.63, 3.8) is 0 Å². The molecule has 84 heavy (non-hydrogen) atoms. The smallest absolute Gasteiger partial charge is 0.332 e. The average molecular weight is 1180 g/mol. The molecule has 9 rings (SSSR count). The summed E-state index contributed by atoms with van der Waals surface area (Å²) in [6, 6.07) is 0. The van der Waals surface area contributed by atoms with E-state index in [4.69, 9.17) is 28.4 Å². The molecule has 0 aromatic carbocycles. The van der Waals surface area contributed by atoms with E-state index >= 15 is 0 Å². The van der Waals surface area contributed by atoms with E-state index in [1.54, 1.807) is 13.8 Å². The molecule has 0 saturated heterocycles. The Morgan fingerprint density at radius 3 is 1.25 bits per heavy atom. The van der Waals surface area contributed by atoms with Gasteiger partial charge in [-0.05, 0) is 234 Å². The third-order valence-electron chi connectivity index (χ3n) is 26.2. The first-order valence-corrected chi connectivity index (χ1v) is 34.8. The minimum Gasteiger partial charge on any atom is -0.463 e. The number of esters is 4. The summed E-state index contributed by atoms with van der Waals surface area (Å²) in [6.07, 6.45) is 16.4. The van der Waals surface area contributed by atoms with Gasteiger partial charge in [0.05, 0.1) is 31.2 Å². The van der Waals surface area contributed by atoms with Gasteiger partial charge in [0.1, 0.15) is 31.5 Å². The molecular formula is C71H118O13. The molecule has 18 unspecified atom stereocenters. The van der Waals surface area contributed by atoms with Crippen LogP contribution in [-0.2, 0) is 47.6 Å². The minimum atomic E-state index is -1.95. The molecule has 0 aliphatic heterocycles. The molecule has 9 saturated carbocycles. The van der Waals surface area contributed by atoms with Gasteiger partial charge in [-0.3, -0.25) is 9.59 Å². The number of carbonyl (C=O) groups excluding carboxylic acids is 4. The first kappa shape index (κ1) is 66.1. The van der Waals surface area contributed by atoms with Crippen molar-refractivity contribution in [3.8, 4) is 0 Å². The highest BCUT2D eigenvalue weighted by molar-refractivity contribution is 5.78. The molecule has 13 nitrogen and oxygen atoms in total. The van der Waals surface area contributed by atoms with Crippen molar-refractivity contribution in [1.29, 1.82) is 0 Å². The second-order valence-electron chi connectivity index (χ2n) is 32.2. The maximum Gasteiger partial charge on any atom is 0.332 e.